The summed E-state index contributed by atoms with van der Waals surface area (Å²) in [6.07, 6.45) is 1.53. The number of carbonyl (C=O) groups is 2. The molecule has 1 fully saturated rings. The number of aryl methyl sites for hydroxylation is 1. The highest BCUT2D eigenvalue weighted by Gasteiger charge is 2.35. The molecule has 2 rings (SSSR count). The number of carbonyl (C=O) groups excluding carboxylic acids is 2. The summed E-state index contributed by atoms with van der Waals surface area (Å²) in [4.78, 5) is 25.0. The molecule has 2 atom stereocenters. The Bertz CT molecular complexity index is 586. The van der Waals surface area contributed by atoms with Crippen LogP contribution in [-0.2, 0) is 4.79 Å². The van der Waals surface area contributed by atoms with E-state index in [1.54, 1.807) is 6.92 Å². The van der Waals surface area contributed by atoms with Gasteiger partial charge in [-0.3, -0.25) is 10.1 Å². The van der Waals surface area contributed by atoms with E-state index in [1.165, 1.54) is 10.0 Å². The summed E-state index contributed by atoms with van der Waals surface area (Å²) in [5.41, 5.74) is 7.50. The smallest absolute Gasteiger partial charge is 0.338 e. The van der Waals surface area contributed by atoms with Gasteiger partial charge in [-0.1, -0.05) is 25.4 Å². The zero-order valence-electron chi connectivity index (χ0n) is 14.1. The first-order chi connectivity index (χ1) is 10.9. The van der Waals surface area contributed by atoms with Crippen molar-refractivity contribution in [1.82, 2.24) is 15.2 Å². The lowest BCUT2D eigenvalue weighted by Crippen LogP contribution is -2.53. The van der Waals surface area contributed by atoms with Crippen LogP contribution in [0.2, 0.25) is 0 Å². The Kier molecular flexibility index (Phi) is 5.25. The third-order valence-electron chi connectivity index (χ3n) is 4.44. The van der Waals surface area contributed by atoms with Gasteiger partial charge in [-0.15, -0.1) is 0 Å². The van der Waals surface area contributed by atoms with Crippen molar-refractivity contribution in [2.45, 2.75) is 46.6 Å². The number of nitrogens with one attached hydrogen (secondary N) is 1. The van der Waals surface area contributed by atoms with Crippen molar-refractivity contribution in [3.05, 3.63) is 11.3 Å². The minimum atomic E-state index is -0.609. The van der Waals surface area contributed by atoms with Gasteiger partial charge in [-0.25, -0.2) is 14.8 Å². The van der Waals surface area contributed by atoms with Crippen molar-refractivity contribution in [2.75, 3.05) is 18.4 Å². The summed E-state index contributed by atoms with van der Waals surface area (Å²) < 4.78 is 5.09. The van der Waals surface area contributed by atoms with Gasteiger partial charge in [0, 0.05) is 18.7 Å². The molecule has 1 saturated heterocycles. The van der Waals surface area contributed by atoms with Gasteiger partial charge >= 0.3 is 6.03 Å². The molecule has 0 radical (unpaired) electrons. The topological polar surface area (TPSA) is 105 Å². The molecule has 0 bridgehead atoms. The standard InChI is InChI=1S/C15H25N5O3/c1-5-9(2)12(16)14(21)19-7-6-8-20(19)15(22)17-13-10(3)11(4)18-23-13/h9,12H,5-8,16H2,1-4H3,(H,17,22)/t9-,12-/m0/s1. The van der Waals surface area contributed by atoms with E-state index in [9.17, 15) is 9.59 Å². The van der Waals surface area contributed by atoms with E-state index in [2.05, 4.69) is 10.5 Å². The molecule has 3 N–H and O–H groups in total. The van der Waals surface area contributed by atoms with Crippen molar-refractivity contribution < 1.29 is 14.1 Å². The monoisotopic (exact) mass is 323 g/mol. The SMILES string of the molecule is CC[C@H](C)[C@H](N)C(=O)N1CCCN1C(=O)Nc1onc(C)c1C. The molecule has 23 heavy (non-hydrogen) atoms. The average Bonchev–Trinajstić information content (AvgIpc) is 3.15. The van der Waals surface area contributed by atoms with E-state index in [0.29, 0.717) is 24.7 Å². The highest BCUT2D eigenvalue weighted by atomic mass is 16.5. The largest absolute Gasteiger partial charge is 0.343 e. The number of nitrogens with two attached hydrogens (primary N) is 1. The Hall–Kier alpha value is -2.09. The van der Waals surface area contributed by atoms with E-state index < -0.39 is 12.1 Å². The quantitative estimate of drug-likeness (QED) is 0.876. The van der Waals surface area contributed by atoms with Gasteiger partial charge in [-0.2, -0.15) is 0 Å². The predicted molar refractivity (Wildman–Crippen MR) is 85.5 cm³/mol. The van der Waals surface area contributed by atoms with Crippen LogP contribution in [0.25, 0.3) is 0 Å². The average molecular weight is 323 g/mol. The molecule has 128 valence electrons. The van der Waals surface area contributed by atoms with Crippen molar-refractivity contribution in [1.29, 1.82) is 0 Å². The summed E-state index contributed by atoms with van der Waals surface area (Å²) in [5, 5.41) is 9.29. The lowest BCUT2D eigenvalue weighted by molar-refractivity contribution is -0.142. The molecule has 1 aromatic heterocycles. The highest BCUT2D eigenvalue weighted by Crippen LogP contribution is 2.20. The molecule has 3 amide bonds. The fourth-order valence-corrected chi connectivity index (χ4v) is 2.41. The first-order valence-electron chi connectivity index (χ1n) is 7.95. The van der Waals surface area contributed by atoms with E-state index in [1.807, 2.05) is 20.8 Å². The third-order valence-corrected chi connectivity index (χ3v) is 4.44. The number of hydrazine groups is 1. The molecular formula is C15H25N5O3. The number of urea groups is 1. The van der Waals surface area contributed by atoms with Crippen LogP contribution in [0.3, 0.4) is 0 Å². The second kappa shape index (κ2) is 6.99. The fourth-order valence-electron chi connectivity index (χ4n) is 2.41. The van der Waals surface area contributed by atoms with Gasteiger partial charge in [0.15, 0.2) is 0 Å². The Morgan fingerprint density at radius 2 is 2.00 bits per heavy atom. The second-order valence-electron chi connectivity index (χ2n) is 6.00. The van der Waals surface area contributed by atoms with Crippen LogP contribution < -0.4 is 11.1 Å². The molecule has 1 aliphatic heterocycles. The molecular weight excluding hydrogens is 298 g/mol. The maximum absolute atomic E-state index is 12.5. The normalized spacial score (nSPS) is 17.3. The Morgan fingerprint density at radius 1 is 1.35 bits per heavy atom. The molecule has 0 saturated carbocycles. The van der Waals surface area contributed by atoms with Crippen LogP contribution in [0.1, 0.15) is 37.9 Å². The Balaban J connectivity index is 2.07. The van der Waals surface area contributed by atoms with E-state index in [-0.39, 0.29) is 11.8 Å². The summed E-state index contributed by atoms with van der Waals surface area (Å²) in [6, 6.07) is -1.02. The summed E-state index contributed by atoms with van der Waals surface area (Å²) >= 11 is 0. The van der Waals surface area contributed by atoms with Gasteiger partial charge in [0.2, 0.25) is 5.88 Å². The van der Waals surface area contributed by atoms with E-state index >= 15 is 0 Å². The first kappa shape index (κ1) is 17.3. The van der Waals surface area contributed by atoms with Gasteiger partial charge in [0.25, 0.3) is 5.91 Å². The molecule has 8 nitrogen and oxygen atoms in total. The fraction of sp³-hybridized carbons (Fsp3) is 0.667. The lowest BCUT2D eigenvalue weighted by atomic mass is 9.99. The van der Waals surface area contributed by atoms with E-state index in [4.69, 9.17) is 10.3 Å². The molecule has 2 heterocycles. The maximum atomic E-state index is 12.5. The highest BCUT2D eigenvalue weighted by molar-refractivity contribution is 5.91. The van der Waals surface area contributed by atoms with Crippen molar-refractivity contribution in [3.63, 3.8) is 0 Å². The minimum Gasteiger partial charge on any atom is -0.338 e. The number of rotatable bonds is 4. The van der Waals surface area contributed by atoms with Crippen LogP contribution in [0.5, 0.6) is 0 Å². The zero-order chi connectivity index (χ0) is 17.1. The predicted octanol–water partition coefficient (Wildman–Crippen LogP) is 1.65. The van der Waals surface area contributed by atoms with Gasteiger partial charge < -0.3 is 10.3 Å². The van der Waals surface area contributed by atoms with E-state index in [0.717, 1.165) is 18.4 Å². The maximum Gasteiger partial charge on any atom is 0.343 e. The number of nitrogens with zero attached hydrogens (tertiary/aromatic N) is 3. The lowest BCUT2D eigenvalue weighted by Gasteiger charge is -2.31. The molecule has 0 aromatic carbocycles. The number of anilines is 1. The number of hydrogen-bond donors (Lipinski definition) is 2. The first-order valence-corrected chi connectivity index (χ1v) is 7.95. The molecule has 1 aliphatic rings. The summed E-state index contributed by atoms with van der Waals surface area (Å²) in [5.74, 6) is 0.141. The second-order valence-corrected chi connectivity index (χ2v) is 6.00. The van der Waals surface area contributed by atoms with Gasteiger partial charge in [0.05, 0.1) is 11.7 Å². The van der Waals surface area contributed by atoms with Gasteiger partial charge in [-0.05, 0) is 26.2 Å². The Morgan fingerprint density at radius 3 is 2.57 bits per heavy atom. The number of amides is 3. The number of aromatic nitrogens is 1. The molecule has 0 spiro atoms. The number of hydrogen-bond acceptors (Lipinski definition) is 5. The zero-order valence-corrected chi connectivity index (χ0v) is 14.1. The van der Waals surface area contributed by atoms with Crippen molar-refractivity contribution in [2.24, 2.45) is 11.7 Å². The third kappa shape index (κ3) is 3.47. The Labute approximate surface area is 135 Å². The molecule has 1 aromatic rings. The molecule has 8 heteroatoms. The van der Waals surface area contributed by atoms with Crippen LogP contribution in [0.4, 0.5) is 10.7 Å². The summed E-state index contributed by atoms with van der Waals surface area (Å²) in [6.45, 7) is 8.49. The minimum absolute atomic E-state index is 0.0622. The van der Waals surface area contributed by atoms with Crippen LogP contribution in [0, 0.1) is 19.8 Å². The van der Waals surface area contributed by atoms with Crippen molar-refractivity contribution in [3.8, 4) is 0 Å². The summed E-state index contributed by atoms with van der Waals surface area (Å²) in [7, 11) is 0. The molecule has 0 unspecified atom stereocenters. The van der Waals surface area contributed by atoms with Gasteiger partial charge in [0.1, 0.15) is 0 Å². The molecule has 0 aliphatic carbocycles. The van der Waals surface area contributed by atoms with Crippen LogP contribution >= 0.6 is 0 Å². The van der Waals surface area contributed by atoms with Crippen molar-refractivity contribution >= 4 is 17.8 Å². The van der Waals surface area contributed by atoms with Crippen LogP contribution in [0.15, 0.2) is 4.52 Å². The van der Waals surface area contributed by atoms with Crippen LogP contribution in [-0.4, -0.2) is 46.2 Å².